The highest BCUT2D eigenvalue weighted by molar-refractivity contribution is 5.95. The van der Waals surface area contributed by atoms with Gasteiger partial charge in [0.15, 0.2) is 11.6 Å². The number of methoxy groups -OCH3 is 1. The van der Waals surface area contributed by atoms with E-state index in [1.54, 1.807) is 0 Å². The molecule has 2 aliphatic rings. The molecular weight excluding hydrogens is 648 g/mol. The summed E-state index contributed by atoms with van der Waals surface area (Å²) in [5.41, 5.74) is -4.19. The molecule has 0 bridgehead atoms. The number of amides is 2. The van der Waals surface area contributed by atoms with Crippen LogP contribution in [0.5, 0.6) is 11.5 Å². The lowest BCUT2D eigenvalue weighted by Gasteiger charge is -2.31. The van der Waals surface area contributed by atoms with Crippen molar-refractivity contribution in [3.8, 4) is 22.8 Å². The molecule has 1 aromatic heterocycles. The molecule has 0 radical (unpaired) electrons. The van der Waals surface area contributed by atoms with Gasteiger partial charge in [0, 0.05) is 34.1 Å². The third-order valence-electron chi connectivity index (χ3n) is 7.71. The molecule has 4 N–H and O–H groups in total. The van der Waals surface area contributed by atoms with Crippen molar-refractivity contribution in [1.82, 2.24) is 10.3 Å². The van der Waals surface area contributed by atoms with Crippen molar-refractivity contribution >= 4 is 17.9 Å². The molecule has 0 aliphatic carbocycles. The van der Waals surface area contributed by atoms with Crippen molar-refractivity contribution in [2.24, 2.45) is 10.7 Å². The van der Waals surface area contributed by atoms with Crippen LogP contribution in [0.3, 0.4) is 0 Å². The number of alkyl halides is 5. The number of halogens is 8. The summed E-state index contributed by atoms with van der Waals surface area (Å²) in [4.78, 5) is 33.2. The van der Waals surface area contributed by atoms with Gasteiger partial charge in [0.1, 0.15) is 40.4 Å². The first-order chi connectivity index (χ1) is 21.9. The number of rotatable bonds is 8. The summed E-state index contributed by atoms with van der Waals surface area (Å²) in [5, 5.41) is 13.3. The van der Waals surface area contributed by atoms with Gasteiger partial charge in [-0.15, -0.1) is 0 Å². The van der Waals surface area contributed by atoms with Crippen molar-refractivity contribution in [3.05, 3.63) is 87.0 Å². The van der Waals surface area contributed by atoms with Gasteiger partial charge in [-0.25, -0.2) is 31.9 Å². The smallest absolute Gasteiger partial charge is 0.424 e. The summed E-state index contributed by atoms with van der Waals surface area (Å²) in [6, 6.07) is 3.28. The Hall–Kier alpha value is -5.06. The normalized spacial score (nSPS) is 18.9. The molecule has 2 atom stereocenters. The first kappa shape index (κ1) is 33.3. The third kappa shape index (κ3) is 5.75. The molecule has 9 nitrogen and oxygen atoms in total. The third-order valence-corrected chi connectivity index (χ3v) is 7.71. The van der Waals surface area contributed by atoms with Crippen LogP contribution < -0.4 is 31.1 Å². The summed E-state index contributed by atoms with van der Waals surface area (Å²) >= 11 is 0. The van der Waals surface area contributed by atoms with E-state index in [1.807, 2.05) is 5.32 Å². The average Bonchev–Trinajstić information content (AvgIpc) is 3.56. The van der Waals surface area contributed by atoms with Gasteiger partial charge >= 0.3 is 6.18 Å². The summed E-state index contributed by atoms with van der Waals surface area (Å²) in [6.45, 7) is -0.976. The number of pyridine rings is 1. The van der Waals surface area contributed by atoms with Crippen LogP contribution in [0.4, 0.5) is 35.1 Å². The Bertz CT molecular complexity index is 1980. The largest absolute Gasteiger partial charge is 0.494 e. The van der Waals surface area contributed by atoms with E-state index in [0.29, 0.717) is 18.2 Å². The molecule has 0 unspecified atom stereocenters. The predicted molar refractivity (Wildman–Crippen MR) is 146 cm³/mol. The van der Waals surface area contributed by atoms with Crippen LogP contribution in [0.25, 0.3) is 17.3 Å². The molecular formula is C30H22F8N4O5. The molecule has 0 spiro atoms. The van der Waals surface area contributed by atoms with Gasteiger partial charge in [0.2, 0.25) is 11.5 Å². The Morgan fingerprint density at radius 3 is 2.43 bits per heavy atom. The second kappa shape index (κ2) is 11.6. The van der Waals surface area contributed by atoms with Crippen LogP contribution in [-0.4, -0.2) is 54.8 Å². The lowest BCUT2D eigenvalue weighted by molar-refractivity contribution is -0.265. The zero-order chi connectivity index (χ0) is 34.6. The van der Waals surface area contributed by atoms with E-state index in [1.165, 1.54) is 20.1 Å². The molecule has 2 aromatic carbocycles. The molecule has 17 heteroatoms. The van der Waals surface area contributed by atoms with E-state index in [9.17, 15) is 49.8 Å². The molecule has 2 aliphatic heterocycles. The minimum Gasteiger partial charge on any atom is -0.494 e. The summed E-state index contributed by atoms with van der Waals surface area (Å²) < 4.78 is 123. The van der Waals surface area contributed by atoms with Gasteiger partial charge in [0.25, 0.3) is 12.3 Å². The molecule has 3 heterocycles. The van der Waals surface area contributed by atoms with Gasteiger partial charge in [-0.3, -0.25) is 9.59 Å². The van der Waals surface area contributed by atoms with Gasteiger partial charge in [0.05, 0.1) is 25.0 Å². The Balaban J connectivity index is 1.61. The first-order valence-corrected chi connectivity index (χ1v) is 13.4. The van der Waals surface area contributed by atoms with Crippen molar-refractivity contribution < 1.29 is 59.3 Å². The van der Waals surface area contributed by atoms with Crippen LogP contribution in [0.15, 0.2) is 47.1 Å². The number of aromatic nitrogens is 1. The molecule has 248 valence electrons. The minimum atomic E-state index is -5.61. The van der Waals surface area contributed by atoms with Crippen LogP contribution in [0.1, 0.15) is 28.5 Å². The number of primary amides is 1. The van der Waals surface area contributed by atoms with E-state index in [4.69, 9.17) is 15.2 Å². The maximum atomic E-state index is 14.9. The van der Waals surface area contributed by atoms with Gasteiger partial charge in [-0.05, 0) is 37.3 Å². The highest BCUT2D eigenvalue weighted by atomic mass is 19.4. The highest BCUT2D eigenvalue weighted by Gasteiger charge is 2.58. The first-order valence-electron chi connectivity index (χ1n) is 13.4. The minimum absolute atomic E-state index is 0.0723. The van der Waals surface area contributed by atoms with E-state index in [2.05, 4.69) is 9.98 Å². The van der Waals surface area contributed by atoms with E-state index in [-0.39, 0.29) is 39.2 Å². The molecule has 2 amide bonds. The Labute approximate surface area is 259 Å². The second-order valence-electron chi connectivity index (χ2n) is 10.8. The maximum absolute atomic E-state index is 14.9. The molecule has 5 rings (SSSR count). The number of ether oxygens (including phenoxy) is 2. The number of hydrogen-bond acceptors (Lipinski definition) is 7. The lowest BCUT2D eigenvalue weighted by atomic mass is 9.81. The van der Waals surface area contributed by atoms with Gasteiger partial charge in [-0.2, -0.15) is 13.2 Å². The lowest BCUT2D eigenvalue weighted by Crippen LogP contribution is -2.52. The predicted octanol–water partition coefficient (Wildman–Crippen LogP) is 3.05. The average molecular weight is 671 g/mol. The second-order valence-corrected chi connectivity index (χ2v) is 10.8. The number of nitrogens with one attached hydrogen (secondary N) is 1. The number of nitrogens with zero attached hydrogens (tertiary/aromatic N) is 2. The number of aliphatic hydroxyl groups is 1. The summed E-state index contributed by atoms with van der Waals surface area (Å²) in [5.74, 6) is -7.49. The number of nitrogens with two attached hydrogens (primary N) is 1. The fourth-order valence-electron chi connectivity index (χ4n) is 5.01. The van der Waals surface area contributed by atoms with Crippen LogP contribution in [0.2, 0.25) is 0 Å². The van der Waals surface area contributed by atoms with Gasteiger partial charge < -0.3 is 25.6 Å². The number of carbonyl (C=O) groups is 2. The summed E-state index contributed by atoms with van der Waals surface area (Å²) in [6.07, 6.45) is -6.74. The van der Waals surface area contributed by atoms with Crippen LogP contribution >= 0.6 is 0 Å². The van der Waals surface area contributed by atoms with E-state index >= 15 is 0 Å². The quantitative estimate of drug-likeness (QED) is 0.249. The number of hydrogen-bond donors (Lipinski definition) is 3. The van der Waals surface area contributed by atoms with Crippen molar-refractivity contribution in [2.75, 3.05) is 20.3 Å². The highest BCUT2D eigenvalue weighted by Crippen LogP contribution is 2.48. The molecule has 0 saturated carbocycles. The molecule has 0 fully saturated rings. The molecule has 0 saturated heterocycles. The molecule has 47 heavy (non-hydrogen) atoms. The van der Waals surface area contributed by atoms with E-state index < -0.39 is 88.7 Å². The fourth-order valence-corrected chi connectivity index (χ4v) is 5.01. The number of allylic oxidation sites excluding steroid dienone is 2. The topological polar surface area (TPSA) is 136 Å². The Morgan fingerprint density at radius 1 is 1.13 bits per heavy atom. The SMILES string of the molecule is COc1cc(C(=O)NC[C@](O)(c2cc3c(c(-c4cc(F)c(F)cc4F)n2)OC[C@]3(C)C(N)=O)C(F)(F)F)cc2c1=NC(=CC(F)F)C=2. The van der Waals surface area contributed by atoms with Gasteiger partial charge in [-0.1, -0.05) is 0 Å². The zero-order valence-corrected chi connectivity index (χ0v) is 24.1. The van der Waals surface area contributed by atoms with Crippen LogP contribution in [0, 0.1) is 17.5 Å². The maximum Gasteiger partial charge on any atom is 0.424 e. The molecule has 3 aromatic rings. The zero-order valence-electron chi connectivity index (χ0n) is 24.1. The van der Waals surface area contributed by atoms with Crippen molar-refractivity contribution in [1.29, 1.82) is 0 Å². The monoisotopic (exact) mass is 670 g/mol. The number of fused-ring (bicyclic) bond motifs is 2. The van der Waals surface area contributed by atoms with E-state index in [0.717, 1.165) is 12.1 Å². The Kier molecular flexibility index (Phi) is 8.24. The number of carbonyl (C=O) groups excluding carboxylic acids is 2. The Morgan fingerprint density at radius 2 is 1.81 bits per heavy atom. The summed E-state index contributed by atoms with van der Waals surface area (Å²) in [7, 11) is 1.18. The van der Waals surface area contributed by atoms with Crippen molar-refractivity contribution in [2.45, 2.75) is 30.5 Å². The number of benzene rings is 2. The fraction of sp³-hybridized carbons (Fsp3) is 0.267. The van der Waals surface area contributed by atoms with Crippen LogP contribution in [-0.2, 0) is 15.8 Å². The standard InChI is InChI=1S/C30H22F8N4O5/c1-28(27(39)44)11-47-25-16(28)8-21(42-24(25)15-7-18(32)19(33)9-17(15)31)29(45,30(36,37)38)10-40-26(43)13-3-12-4-14(6-22(34)35)41-23(12)20(5-13)46-2/h3-9,22,45H,10-11H2,1-2H3,(H2,39,44)(H,40,43)/t28-,29-/m0/s1. The van der Waals surface area contributed by atoms with Crippen molar-refractivity contribution in [3.63, 3.8) is 0 Å².